The zero-order chi connectivity index (χ0) is 15.2. The highest BCUT2D eigenvalue weighted by atomic mass is 16.6. The number of carbonyl (C=O) groups excluding carboxylic acids is 2. The average molecular weight is 288 g/mol. The third-order valence-electron chi connectivity index (χ3n) is 2.95. The van der Waals surface area contributed by atoms with Crippen LogP contribution < -0.4 is 10.1 Å². The molecule has 1 aromatic rings. The first kappa shape index (κ1) is 14.9. The Morgan fingerprint density at radius 2 is 2.14 bits per heavy atom. The summed E-state index contributed by atoms with van der Waals surface area (Å²) >= 11 is 0. The van der Waals surface area contributed by atoms with Gasteiger partial charge >= 0.3 is 5.97 Å². The molecular weight excluding hydrogens is 272 g/mol. The number of hydrogen-bond donors (Lipinski definition) is 1. The molecule has 0 heterocycles. The minimum absolute atomic E-state index is 0.220. The molecule has 21 heavy (non-hydrogen) atoms. The van der Waals surface area contributed by atoms with Crippen LogP contribution in [0.25, 0.3) is 0 Å². The van der Waals surface area contributed by atoms with Gasteiger partial charge in [-0.15, -0.1) is 0 Å². The Kier molecular flexibility index (Phi) is 4.77. The molecule has 2 rings (SSSR count). The Morgan fingerprint density at radius 3 is 2.81 bits per heavy atom. The van der Waals surface area contributed by atoms with E-state index in [2.05, 4.69) is 5.32 Å². The number of hydrogen-bond acceptors (Lipinski definition) is 5. The Bertz CT molecular complexity index is 575. The lowest BCUT2D eigenvalue weighted by Gasteiger charge is -2.13. The number of ether oxygens (including phenoxy) is 2. The van der Waals surface area contributed by atoms with Gasteiger partial charge in [-0.25, -0.2) is 4.79 Å². The van der Waals surface area contributed by atoms with Crippen LogP contribution in [0.4, 0.5) is 0 Å². The lowest BCUT2D eigenvalue weighted by molar-refractivity contribution is -0.156. The van der Waals surface area contributed by atoms with Gasteiger partial charge in [0.15, 0.2) is 12.7 Å². The molecule has 1 amide bonds. The van der Waals surface area contributed by atoms with Crippen LogP contribution >= 0.6 is 0 Å². The number of nitrogens with zero attached hydrogens (tertiary/aromatic N) is 1. The van der Waals surface area contributed by atoms with Crippen molar-refractivity contribution in [3.63, 3.8) is 0 Å². The molecule has 1 unspecified atom stereocenters. The fourth-order valence-electron chi connectivity index (χ4n) is 1.65. The largest absolute Gasteiger partial charge is 0.481 e. The second kappa shape index (κ2) is 6.75. The van der Waals surface area contributed by atoms with Crippen molar-refractivity contribution in [2.45, 2.75) is 31.9 Å². The summed E-state index contributed by atoms with van der Waals surface area (Å²) in [4.78, 5) is 23.3. The predicted octanol–water partition coefficient (Wildman–Crippen LogP) is 1.15. The first-order chi connectivity index (χ1) is 10.1. The Labute approximate surface area is 122 Å². The van der Waals surface area contributed by atoms with Crippen LogP contribution in [0.1, 0.15) is 25.3 Å². The maximum Gasteiger partial charge on any atom is 0.344 e. The minimum Gasteiger partial charge on any atom is -0.481 e. The topological polar surface area (TPSA) is 88.4 Å². The highest BCUT2D eigenvalue weighted by molar-refractivity contribution is 5.84. The number of amides is 1. The van der Waals surface area contributed by atoms with E-state index in [1.165, 1.54) is 6.92 Å². The maximum atomic E-state index is 11.6. The lowest BCUT2D eigenvalue weighted by atomic mass is 10.2. The van der Waals surface area contributed by atoms with E-state index in [-0.39, 0.29) is 18.6 Å². The quantitative estimate of drug-likeness (QED) is 0.793. The third-order valence-corrected chi connectivity index (χ3v) is 2.95. The maximum absolute atomic E-state index is 11.6. The van der Waals surface area contributed by atoms with Gasteiger partial charge in [-0.3, -0.25) is 4.79 Å². The summed E-state index contributed by atoms with van der Waals surface area (Å²) in [5.74, 6) is -0.642. The van der Waals surface area contributed by atoms with Crippen LogP contribution in [0, 0.1) is 11.3 Å². The standard InChI is InChI=1S/C15H16N2O4/c1-10(15(19)17-12-6-7-12)21-14(18)9-20-13-5-3-2-4-11(13)8-16/h2-5,10,12H,6-7,9H2,1H3,(H,17,19). The van der Waals surface area contributed by atoms with Crippen LogP contribution in [0.15, 0.2) is 24.3 Å². The number of esters is 1. The van der Waals surface area contributed by atoms with Crippen molar-refractivity contribution in [2.75, 3.05) is 6.61 Å². The Morgan fingerprint density at radius 1 is 1.43 bits per heavy atom. The van der Waals surface area contributed by atoms with Gasteiger partial charge in [-0.1, -0.05) is 12.1 Å². The van der Waals surface area contributed by atoms with Crippen LogP contribution in [0.2, 0.25) is 0 Å². The smallest absolute Gasteiger partial charge is 0.344 e. The molecule has 0 bridgehead atoms. The van der Waals surface area contributed by atoms with E-state index in [0.29, 0.717) is 11.3 Å². The highest BCUT2D eigenvalue weighted by Gasteiger charge is 2.27. The molecule has 1 atom stereocenters. The van der Waals surface area contributed by atoms with Crippen LogP contribution in [-0.2, 0) is 14.3 Å². The number of benzene rings is 1. The summed E-state index contributed by atoms with van der Waals surface area (Å²) in [6.07, 6.45) is 1.09. The van der Waals surface area contributed by atoms with Gasteiger partial charge in [-0.2, -0.15) is 5.26 Å². The van der Waals surface area contributed by atoms with E-state index < -0.39 is 12.1 Å². The number of nitrogens with one attached hydrogen (secondary N) is 1. The minimum atomic E-state index is -0.854. The van der Waals surface area contributed by atoms with Crippen molar-refractivity contribution < 1.29 is 19.1 Å². The van der Waals surface area contributed by atoms with Crippen LogP contribution in [-0.4, -0.2) is 30.6 Å². The summed E-state index contributed by atoms with van der Waals surface area (Å²) in [7, 11) is 0. The van der Waals surface area contributed by atoms with E-state index >= 15 is 0 Å². The van der Waals surface area contributed by atoms with Crippen molar-refractivity contribution in [3.8, 4) is 11.8 Å². The second-order valence-corrected chi connectivity index (χ2v) is 4.81. The molecule has 6 nitrogen and oxygen atoms in total. The van der Waals surface area contributed by atoms with Gasteiger partial charge < -0.3 is 14.8 Å². The molecule has 1 aliphatic carbocycles. The van der Waals surface area contributed by atoms with Crippen LogP contribution in [0.3, 0.4) is 0 Å². The summed E-state index contributed by atoms with van der Waals surface area (Å²) in [6.45, 7) is 1.17. The fourth-order valence-corrected chi connectivity index (χ4v) is 1.65. The normalized spacial score (nSPS) is 14.7. The predicted molar refractivity (Wildman–Crippen MR) is 73.4 cm³/mol. The summed E-state index contributed by atoms with van der Waals surface area (Å²) in [6, 6.07) is 8.77. The third kappa shape index (κ3) is 4.49. The molecule has 0 aliphatic heterocycles. The van der Waals surface area contributed by atoms with Gasteiger partial charge in [0, 0.05) is 6.04 Å². The molecule has 1 saturated carbocycles. The number of rotatable bonds is 6. The molecule has 1 aromatic carbocycles. The van der Waals surface area contributed by atoms with Gasteiger partial charge in [0.05, 0.1) is 5.56 Å². The molecule has 0 aromatic heterocycles. The monoisotopic (exact) mass is 288 g/mol. The highest BCUT2D eigenvalue weighted by Crippen LogP contribution is 2.19. The number of nitriles is 1. The molecule has 1 fully saturated rings. The molecule has 0 radical (unpaired) electrons. The molecule has 110 valence electrons. The molecule has 0 spiro atoms. The van der Waals surface area contributed by atoms with E-state index in [1.807, 2.05) is 6.07 Å². The molecule has 6 heteroatoms. The summed E-state index contributed by atoms with van der Waals surface area (Å²) in [5.41, 5.74) is 0.338. The van der Waals surface area contributed by atoms with E-state index in [0.717, 1.165) is 12.8 Å². The fraction of sp³-hybridized carbons (Fsp3) is 0.400. The van der Waals surface area contributed by atoms with Gasteiger partial charge in [0.2, 0.25) is 0 Å². The van der Waals surface area contributed by atoms with Gasteiger partial charge in [0.25, 0.3) is 5.91 Å². The molecular formula is C15H16N2O4. The van der Waals surface area contributed by atoms with Crippen LogP contribution in [0.5, 0.6) is 5.75 Å². The molecule has 1 aliphatic rings. The van der Waals surface area contributed by atoms with E-state index in [4.69, 9.17) is 14.7 Å². The van der Waals surface area contributed by atoms with Crippen molar-refractivity contribution in [2.24, 2.45) is 0 Å². The van der Waals surface area contributed by atoms with Crippen molar-refractivity contribution >= 4 is 11.9 Å². The first-order valence-corrected chi connectivity index (χ1v) is 6.72. The van der Waals surface area contributed by atoms with E-state index in [9.17, 15) is 9.59 Å². The van der Waals surface area contributed by atoms with E-state index in [1.54, 1.807) is 24.3 Å². The van der Waals surface area contributed by atoms with Crippen molar-refractivity contribution in [3.05, 3.63) is 29.8 Å². The van der Waals surface area contributed by atoms with Crippen molar-refractivity contribution in [1.29, 1.82) is 5.26 Å². The SMILES string of the molecule is CC(OC(=O)COc1ccccc1C#N)C(=O)NC1CC1. The number of carbonyl (C=O) groups is 2. The zero-order valence-corrected chi connectivity index (χ0v) is 11.7. The lowest BCUT2D eigenvalue weighted by Crippen LogP contribution is -2.37. The van der Waals surface area contributed by atoms with Gasteiger partial charge in [0.1, 0.15) is 11.8 Å². The first-order valence-electron chi connectivity index (χ1n) is 6.72. The molecule has 0 saturated heterocycles. The number of para-hydroxylation sites is 1. The Balaban J connectivity index is 1.78. The van der Waals surface area contributed by atoms with Gasteiger partial charge in [-0.05, 0) is 31.9 Å². The zero-order valence-electron chi connectivity index (χ0n) is 11.7. The molecule has 1 N–H and O–H groups in total. The summed E-state index contributed by atoms with van der Waals surface area (Å²) in [5, 5.41) is 11.6. The average Bonchev–Trinajstić information content (AvgIpc) is 3.29. The second-order valence-electron chi connectivity index (χ2n) is 4.81. The Hall–Kier alpha value is -2.55. The summed E-state index contributed by atoms with van der Waals surface area (Å²) < 4.78 is 10.2. The van der Waals surface area contributed by atoms with Crippen molar-refractivity contribution in [1.82, 2.24) is 5.32 Å².